The van der Waals surface area contributed by atoms with Gasteiger partial charge in [0.25, 0.3) is 5.91 Å². The van der Waals surface area contributed by atoms with Crippen LogP contribution >= 0.6 is 11.8 Å². The molecule has 2 heterocycles. The fraction of sp³-hybridized carbons (Fsp3) is 0.300. The first-order valence-electron chi connectivity index (χ1n) is 9.10. The van der Waals surface area contributed by atoms with Gasteiger partial charge in [0, 0.05) is 24.7 Å². The average Bonchev–Trinajstić information content (AvgIpc) is 3.16. The number of rotatable bonds is 9. The Hall–Kier alpha value is -2.87. The summed E-state index contributed by atoms with van der Waals surface area (Å²) in [4.78, 5) is 24.5. The molecule has 0 unspecified atom stereocenters. The predicted octanol–water partition coefficient (Wildman–Crippen LogP) is 2.46. The summed E-state index contributed by atoms with van der Waals surface area (Å²) in [6.45, 7) is 0.273. The third kappa shape index (κ3) is 5.10. The number of nitrogens with one attached hydrogen (secondary N) is 2. The van der Waals surface area contributed by atoms with Gasteiger partial charge < -0.3 is 10.6 Å². The maximum Gasteiger partial charge on any atom is 0.251 e. The molecule has 0 aliphatic heterocycles. The van der Waals surface area contributed by atoms with Crippen molar-refractivity contribution in [2.75, 3.05) is 18.6 Å². The summed E-state index contributed by atoms with van der Waals surface area (Å²) < 4.78 is 1.89. The standard InChI is InChI=1S/C20H23N5O2S/c1-28-14-11-16(19-24-23-17-9-5-6-13-25(17)19)22-18(26)10-12-21-20(27)15-7-3-2-4-8-15/h2-9,13,16H,10-12,14H2,1H3,(H,21,27)(H,22,26)/t16-/m1/s1. The fourth-order valence-corrected chi connectivity index (χ4v) is 3.32. The second kappa shape index (κ2) is 9.89. The quantitative estimate of drug-likeness (QED) is 0.579. The van der Waals surface area contributed by atoms with Gasteiger partial charge in [0.2, 0.25) is 5.91 Å². The minimum absolute atomic E-state index is 0.132. The molecule has 28 heavy (non-hydrogen) atoms. The minimum atomic E-state index is -0.234. The van der Waals surface area contributed by atoms with Crippen molar-refractivity contribution < 1.29 is 9.59 Å². The fourth-order valence-electron chi connectivity index (χ4n) is 2.85. The Labute approximate surface area is 167 Å². The molecular weight excluding hydrogens is 374 g/mol. The van der Waals surface area contributed by atoms with Crippen molar-refractivity contribution in [1.29, 1.82) is 0 Å². The highest BCUT2D eigenvalue weighted by molar-refractivity contribution is 7.98. The zero-order valence-corrected chi connectivity index (χ0v) is 16.5. The lowest BCUT2D eigenvalue weighted by atomic mass is 10.2. The Morgan fingerprint density at radius 3 is 2.68 bits per heavy atom. The molecule has 0 bridgehead atoms. The molecule has 1 aromatic carbocycles. The monoisotopic (exact) mass is 397 g/mol. The van der Waals surface area contributed by atoms with Crippen molar-refractivity contribution in [3.05, 3.63) is 66.1 Å². The van der Waals surface area contributed by atoms with Gasteiger partial charge in [0.1, 0.15) is 0 Å². The smallest absolute Gasteiger partial charge is 0.251 e. The topological polar surface area (TPSA) is 88.4 Å². The van der Waals surface area contributed by atoms with E-state index in [1.165, 1.54) is 0 Å². The number of hydrogen-bond donors (Lipinski definition) is 2. The first-order valence-corrected chi connectivity index (χ1v) is 10.5. The molecule has 2 amide bonds. The van der Waals surface area contributed by atoms with E-state index < -0.39 is 0 Å². The number of thioether (sulfide) groups is 1. The summed E-state index contributed by atoms with van der Waals surface area (Å²) >= 11 is 1.71. The van der Waals surface area contributed by atoms with Crippen molar-refractivity contribution in [2.45, 2.75) is 18.9 Å². The summed E-state index contributed by atoms with van der Waals surface area (Å²) in [5.74, 6) is 1.28. The third-order valence-electron chi connectivity index (χ3n) is 4.27. The molecule has 0 saturated carbocycles. The Kier molecular flexibility index (Phi) is 7.02. The summed E-state index contributed by atoms with van der Waals surface area (Å²) in [5.41, 5.74) is 1.33. The third-order valence-corrected chi connectivity index (χ3v) is 4.92. The van der Waals surface area contributed by atoms with Crippen LogP contribution in [0.2, 0.25) is 0 Å². The van der Waals surface area contributed by atoms with Crippen molar-refractivity contribution in [1.82, 2.24) is 25.2 Å². The molecule has 3 aromatic rings. The maximum atomic E-state index is 12.4. The van der Waals surface area contributed by atoms with Gasteiger partial charge >= 0.3 is 0 Å². The van der Waals surface area contributed by atoms with E-state index in [1.54, 1.807) is 36.0 Å². The van der Waals surface area contributed by atoms with E-state index in [0.29, 0.717) is 11.4 Å². The second-order valence-corrected chi connectivity index (χ2v) is 7.25. The largest absolute Gasteiger partial charge is 0.352 e. The molecule has 0 aliphatic carbocycles. The first kappa shape index (κ1) is 19.9. The van der Waals surface area contributed by atoms with Gasteiger partial charge in [-0.2, -0.15) is 11.8 Å². The van der Waals surface area contributed by atoms with Crippen LogP contribution in [-0.4, -0.2) is 45.0 Å². The zero-order valence-electron chi connectivity index (χ0n) is 15.7. The van der Waals surface area contributed by atoms with E-state index in [9.17, 15) is 9.59 Å². The first-order chi connectivity index (χ1) is 13.7. The lowest BCUT2D eigenvalue weighted by Crippen LogP contribution is -2.34. The van der Waals surface area contributed by atoms with Gasteiger partial charge in [-0.1, -0.05) is 24.3 Å². The molecule has 8 heteroatoms. The van der Waals surface area contributed by atoms with Crippen LogP contribution in [0.15, 0.2) is 54.7 Å². The zero-order chi connectivity index (χ0) is 19.8. The average molecular weight is 398 g/mol. The van der Waals surface area contributed by atoms with Gasteiger partial charge in [0.05, 0.1) is 6.04 Å². The van der Waals surface area contributed by atoms with E-state index in [1.807, 2.05) is 41.1 Å². The van der Waals surface area contributed by atoms with Crippen LogP contribution in [0, 0.1) is 0 Å². The maximum absolute atomic E-state index is 12.4. The highest BCUT2D eigenvalue weighted by Crippen LogP contribution is 2.18. The number of pyridine rings is 1. The van der Waals surface area contributed by atoms with Crippen LogP contribution in [0.4, 0.5) is 0 Å². The van der Waals surface area contributed by atoms with Gasteiger partial charge in [-0.15, -0.1) is 10.2 Å². The normalized spacial score (nSPS) is 11.9. The van der Waals surface area contributed by atoms with Crippen molar-refractivity contribution in [3.8, 4) is 0 Å². The van der Waals surface area contributed by atoms with Crippen LogP contribution in [-0.2, 0) is 4.79 Å². The molecule has 0 fully saturated rings. The number of fused-ring (bicyclic) bond motifs is 1. The minimum Gasteiger partial charge on any atom is -0.352 e. The van der Waals surface area contributed by atoms with E-state index in [2.05, 4.69) is 20.8 Å². The van der Waals surface area contributed by atoms with Crippen molar-refractivity contribution in [3.63, 3.8) is 0 Å². The number of carbonyl (C=O) groups is 2. The van der Waals surface area contributed by atoms with E-state index in [0.717, 1.165) is 17.8 Å². The predicted molar refractivity (Wildman–Crippen MR) is 110 cm³/mol. The van der Waals surface area contributed by atoms with E-state index >= 15 is 0 Å². The Balaban J connectivity index is 1.58. The molecule has 2 N–H and O–H groups in total. The van der Waals surface area contributed by atoms with Crippen LogP contribution in [0.25, 0.3) is 5.65 Å². The molecule has 146 valence electrons. The lowest BCUT2D eigenvalue weighted by molar-refractivity contribution is -0.121. The second-order valence-electron chi connectivity index (χ2n) is 6.26. The van der Waals surface area contributed by atoms with Crippen LogP contribution in [0.1, 0.15) is 35.1 Å². The summed E-state index contributed by atoms with van der Waals surface area (Å²) in [6, 6.07) is 14.4. The lowest BCUT2D eigenvalue weighted by Gasteiger charge is -2.17. The Morgan fingerprint density at radius 2 is 1.89 bits per heavy atom. The van der Waals surface area contributed by atoms with Crippen LogP contribution in [0.5, 0.6) is 0 Å². The SMILES string of the molecule is CSCC[C@@H](NC(=O)CCNC(=O)c1ccccc1)c1nnc2ccccn12. The van der Waals surface area contributed by atoms with E-state index in [-0.39, 0.29) is 30.8 Å². The highest BCUT2D eigenvalue weighted by Gasteiger charge is 2.20. The van der Waals surface area contributed by atoms with Gasteiger partial charge in [-0.3, -0.25) is 14.0 Å². The number of nitrogens with zero attached hydrogens (tertiary/aromatic N) is 3. The molecule has 1 atom stereocenters. The van der Waals surface area contributed by atoms with Gasteiger partial charge in [-0.05, 0) is 42.7 Å². The van der Waals surface area contributed by atoms with Crippen LogP contribution < -0.4 is 10.6 Å². The molecule has 7 nitrogen and oxygen atoms in total. The number of carbonyl (C=O) groups excluding carboxylic acids is 2. The Bertz CT molecular complexity index is 929. The molecule has 0 radical (unpaired) electrons. The van der Waals surface area contributed by atoms with Crippen molar-refractivity contribution in [2.24, 2.45) is 0 Å². The highest BCUT2D eigenvalue weighted by atomic mass is 32.2. The van der Waals surface area contributed by atoms with Crippen molar-refractivity contribution >= 4 is 29.2 Å². The number of amides is 2. The summed E-state index contributed by atoms with van der Waals surface area (Å²) in [7, 11) is 0. The molecule has 0 spiro atoms. The number of aromatic nitrogens is 3. The Morgan fingerprint density at radius 1 is 1.11 bits per heavy atom. The van der Waals surface area contributed by atoms with Gasteiger partial charge in [0.15, 0.2) is 11.5 Å². The molecule has 2 aromatic heterocycles. The number of hydrogen-bond acceptors (Lipinski definition) is 5. The summed E-state index contributed by atoms with van der Waals surface area (Å²) in [5, 5.41) is 14.2. The number of benzene rings is 1. The molecular formula is C20H23N5O2S. The molecule has 0 aliphatic rings. The van der Waals surface area contributed by atoms with E-state index in [4.69, 9.17) is 0 Å². The summed E-state index contributed by atoms with van der Waals surface area (Å²) in [6.07, 6.45) is 4.87. The molecule has 0 saturated heterocycles. The molecule has 3 rings (SSSR count). The van der Waals surface area contributed by atoms with Crippen LogP contribution in [0.3, 0.4) is 0 Å². The van der Waals surface area contributed by atoms with Gasteiger partial charge in [-0.25, -0.2) is 0 Å².